The van der Waals surface area contributed by atoms with Crippen LogP contribution in [-0.2, 0) is 25.6 Å². The van der Waals surface area contributed by atoms with Gasteiger partial charge < -0.3 is 4.74 Å². The molecule has 0 heterocycles. The van der Waals surface area contributed by atoms with Crippen LogP contribution >= 0.6 is 0 Å². The minimum Gasteiger partial charge on any atom is -0.385 e. The van der Waals surface area contributed by atoms with Gasteiger partial charge in [-0.3, -0.25) is 4.18 Å². The van der Waals surface area contributed by atoms with Crippen molar-refractivity contribution in [2.75, 3.05) is 13.7 Å². The molecular weight excluding hydrogens is 254 g/mol. The van der Waals surface area contributed by atoms with Crippen molar-refractivity contribution in [3.8, 4) is 0 Å². The summed E-state index contributed by atoms with van der Waals surface area (Å²) in [5.74, 6) is 0. The Kier molecular flexibility index (Phi) is 6.28. The molecule has 0 saturated heterocycles. The summed E-state index contributed by atoms with van der Waals surface area (Å²) in [5.41, 5.74) is 1.14. The average Bonchev–Trinajstić information content (AvgIpc) is 2.32. The zero-order valence-corrected chi connectivity index (χ0v) is 11.2. The molecular formula is C12H19NO4S. The Morgan fingerprint density at radius 1 is 1.22 bits per heavy atom. The maximum atomic E-state index is 10.9. The minimum atomic E-state index is -3.91. The van der Waals surface area contributed by atoms with Crippen LogP contribution in [0.15, 0.2) is 30.3 Å². The topological polar surface area (TPSA) is 78.6 Å². The van der Waals surface area contributed by atoms with Crippen LogP contribution in [0.25, 0.3) is 0 Å². The van der Waals surface area contributed by atoms with E-state index < -0.39 is 16.4 Å². The van der Waals surface area contributed by atoms with Crippen molar-refractivity contribution in [1.29, 1.82) is 0 Å². The smallest absolute Gasteiger partial charge is 0.333 e. The Balaban J connectivity index is 2.50. The quantitative estimate of drug-likeness (QED) is 0.773. The van der Waals surface area contributed by atoms with E-state index in [1.54, 1.807) is 7.11 Å². The van der Waals surface area contributed by atoms with Crippen LogP contribution in [0.2, 0.25) is 0 Å². The number of hydrogen-bond donors (Lipinski definition) is 1. The van der Waals surface area contributed by atoms with Gasteiger partial charge in [-0.25, -0.2) is 5.14 Å². The van der Waals surface area contributed by atoms with Crippen molar-refractivity contribution >= 4 is 10.3 Å². The van der Waals surface area contributed by atoms with Crippen molar-refractivity contribution in [2.24, 2.45) is 5.14 Å². The van der Waals surface area contributed by atoms with Gasteiger partial charge >= 0.3 is 10.3 Å². The van der Waals surface area contributed by atoms with Crippen molar-refractivity contribution < 1.29 is 17.3 Å². The van der Waals surface area contributed by atoms with Crippen molar-refractivity contribution in [3.05, 3.63) is 35.9 Å². The highest BCUT2D eigenvalue weighted by Gasteiger charge is 2.15. The third-order valence-corrected chi connectivity index (χ3v) is 3.05. The summed E-state index contributed by atoms with van der Waals surface area (Å²) in [6.07, 6.45) is 1.38. The molecule has 0 aliphatic carbocycles. The molecule has 0 radical (unpaired) electrons. The number of ether oxygens (including phenoxy) is 1. The van der Waals surface area contributed by atoms with E-state index in [1.807, 2.05) is 30.3 Å². The van der Waals surface area contributed by atoms with E-state index in [0.717, 1.165) is 12.0 Å². The summed E-state index contributed by atoms with van der Waals surface area (Å²) in [4.78, 5) is 0. The predicted octanol–water partition coefficient (Wildman–Crippen LogP) is 1.24. The Bertz CT molecular complexity index is 433. The highest BCUT2D eigenvalue weighted by Crippen LogP contribution is 2.11. The highest BCUT2D eigenvalue weighted by atomic mass is 32.2. The molecule has 1 aromatic carbocycles. The van der Waals surface area contributed by atoms with Crippen molar-refractivity contribution in [3.63, 3.8) is 0 Å². The van der Waals surface area contributed by atoms with E-state index in [9.17, 15) is 8.42 Å². The molecule has 0 aromatic heterocycles. The summed E-state index contributed by atoms with van der Waals surface area (Å²) in [6, 6.07) is 9.81. The summed E-state index contributed by atoms with van der Waals surface area (Å²) in [5, 5.41) is 4.89. The van der Waals surface area contributed by atoms with Crippen LogP contribution in [0.3, 0.4) is 0 Å². The van der Waals surface area contributed by atoms with E-state index >= 15 is 0 Å². The molecule has 6 heteroatoms. The highest BCUT2D eigenvalue weighted by molar-refractivity contribution is 7.84. The van der Waals surface area contributed by atoms with Gasteiger partial charge in [0.2, 0.25) is 0 Å². The number of aryl methyl sites for hydroxylation is 1. The zero-order chi connectivity index (χ0) is 13.4. The molecule has 1 unspecified atom stereocenters. The van der Waals surface area contributed by atoms with Gasteiger partial charge in [-0.2, -0.15) is 8.42 Å². The third-order valence-electron chi connectivity index (χ3n) is 2.51. The Morgan fingerprint density at radius 3 is 2.44 bits per heavy atom. The van der Waals surface area contributed by atoms with Gasteiger partial charge in [-0.05, 0) is 24.8 Å². The fourth-order valence-electron chi connectivity index (χ4n) is 1.65. The lowest BCUT2D eigenvalue weighted by Gasteiger charge is -2.15. The van der Waals surface area contributed by atoms with Crippen LogP contribution in [-0.4, -0.2) is 28.2 Å². The van der Waals surface area contributed by atoms with E-state index in [-0.39, 0.29) is 0 Å². The Morgan fingerprint density at radius 2 is 1.89 bits per heavy atom. The van der Waals surface area contributed by atoms with Gasteiger partial charge in [0, 0.05) is 13.7 Å². The first-order valence-electron chi connectivity index (χ1n) is 5.75. The molecule has 0 aliphatic rings. The molecule has 102 valence electrons. The lowest BCUT2D eigenvalue weighted by Crippen LogP contribution is -2.25. The number of hydrogen-bond acceptors (Lipinski definition) is 4. The molecule has 0 bridgehead atoms. The maximum absolute atomic E-state index is 10.9. The number of nitrogens with two attached hydrogens (primary N) is 1. The van der Waals surface area contributed by atoms with Crippen LogP contribution in [0.5, 0.6) is 0 Å². The van der Waals surface area contributed by atoms with Crippen molar-refractivity contribution in [2.45, 2.75) is 25.4 Å². The lowest BCUT2D eigenvalue weighted by molar-refractivity contribution is 0.124. The van der Waals surface area contributed by atoms with Crippen molar-refractivity contribution in [1.82, 2.24) is 0 Å². The molecule has 0 spiro atoms. The molecule has 0 saturated carbocycles. The number of methoxy groups -OCH3 is 1. The summed E-state index contributed by atoms with van der Waals surface area (Å²) in [7, 11) is -2.35. The molecule has 0 amide bonds. The lowest BCUT2D eigenvalue weighted by atomic mass is 10.1. The molecule has 0 aliphatic heterocycles. The van der Waals surface area contributed by atoms with Crippen LogP contribution < -0.4 is 5.14 Å². The zero-order valence-electron chi connectivity index (χ0n) is 10.4. The molecule has 2 N–H and O–H groups in total. The van der Waals surface area contributed by atoms with E-state index in [1.165, 1.54) is 0 Å². The van der Waals surface area contributed by atoms with Gasteiger partial charge in [-0.1, -0.05) is 30.3 Å². The predicted molar refractivity (Wildman–Crippen MR) is 69.2 cm³/mol. The first kappa shape index (κ1) is 15.1. The first-order chi connectivity index (χ1) is 8.51. The van der Waals surface area contributed by atoms with Gasteiger partial charge in [0.1, 0.15) is 0 Å². The molecule has 1 rings (SSSR count). The van der Waals surface area contributed by atoms with Crippen LogP contribution in [0, 0.1) is 0 Å². The molecule has 1 aromatic rings. The number of benzene rings is 1. The second kappa shape index (κ2) is 7.48. The fourth-order valence-corrected chi connectivity index (χ4v) is 2.22. The van der Waals surface area contributed by atoms with E-state index in [2.05, 4.69) is 0 Å². The third kappa shape index (κ3) is 6.70. The monoisotopic (exact) mass is 273 g/mol. The normalized spacial score (nSPS) is 13.4. The molecule has 0 fully saturated rings. The SMILES string of the molecule is COCCC(CCc1ccccc1)OS(N)(=O)=O. The standard InChI is InChI=1S/C12H19NO4S/c1-16-10-9-12(17-18(13,14)15)8-7-11-5-3-2-4-6-11/h2-6,12H,7-10H2,1H3,(H2,13,14,15). The van der Waals surface area contributed by atoms with Gasteiger partial charge in [0.15, 0.2) is 0 Å². The van der Waals surface area contributed by atoms with Gasteiger partial charge in [0.25, 0.3) is 0 Å². The van der Waals surface area contributed by atoms with Gasteiger partial charge in [0.05, 0.1) is 6.10 Å². The molecule has 18 heavy (non-hydrogen) atoms. The summed E-state index contributed by atoms with van der Waals surface area (Å²) >= 11 is 0. The minimum absolute atomic E-state index is 0.439. The summed E-state index contributed by atoms with van der Waals surface area (Å²) in [6.45, 7) is 0.439. The fraction of sp³-hybridized carbons (Fsp3) is 0.500. The van der Waals surface area contributed by atoms with E-state index in [0.29, 0.717) is 19.4 Å². The van der Waals surface area contributed by atoms with Crippen LogP contribution in [0.1, 0.15) is 18.4 Å². The largest absolute Gasteiger partial charge is 0.385 e. The number of rotatable bonds is 8. The van der Waals surface area contributed by atoms with Crippen LogP contribution in [0.4, 0.5) is 0 Å². The van der Waals surface area contributed by atoms with Gasteiger partial charge in [-0.15, -0.1) is 0 Å². The second-order valence-corrected chi connectivity index (χ2v) is 5.19. The summed E-state index contributed by atoms with van der Waals surface area (Å²) < 4.78 is 31.6. The molecule has 5 nitrogen and oxygen atoms in total. The Hall–Kier alpha value is -0.950. The molecule has 1 atom stereocenters. The second-order valence-electron chi connectivity index (χ2n) is 4.02. The average molecular weight is 273 g/mol. The maximum Gasteiger partial charge on any atom is 0.333 e. The van der Waals surface area contributed by atoms with E-state index in [4.69, 9.17) is 14.1 Å². The first-order valence-corrected chi connectivity index (χ1v) is 7.22. The Labute approximate surface area is 108 Å².